The van der Waals surface area contributed by atoms with E-state index in [0.717, 1.165) is 32.1 Å². The van der Waals surface area contributed by atoms with Crippen molar-refractivity contribution < 1.29 is 9.47 Å². The first-order valence-electron chi connectivity index (χ1n) is 7.31. The van der Waals surface area contributed by atoms with Gasteiger partial charge in [0.25, 0.3) is 0 Å². The molecule has 1 heterocycles. The van der Waals surface area contributed by atoms with E-state index in [9.17, 15) is 0 Å². The molecule has 1 saturated carbocycles. The zero-order chi connectivity index (χ0) is 13.2. The van der Waals surface area contributed by atoms with Crippen LogP contribution in [0.15, 0.2) is 0 Å². The van der Waals surface area contributed by atoms with Gasteiger partial charge in [0.05, 0.1) is 6.61 Å². The molecule has 2 aliphatic rings. The number of nitrogens with one attached hydrogen (secondary N) is 1. The van der Waals surface area contributed by atoms with Crippen LogP contribution in [0.4, 0.5) is 0 Å². The average molecular weight is 255 g/mol. The van der Waals surface area contributed by atoms with Gasteiger partial charge in [-0.25, -0.2) is 0 Å². The molecule has 3 unspecified atom stereocenters. The lowest BCUT2D eigenvalue weighted by atomic mass is 9.70. The summed E-state index contributed by atoms with van der Waals surface area (Å²) < 4.78 is 11.2. The fourth-order valence-electron chi connectivity index (χ4n) is 3.79. The molecule has 0 bridgehead atoms. The van der Waals surface area contributed by atoms with Gasteiger partial charge in [0.15, 0.2) is 0 Å². The highest BCUT2D eigenvalue weighted by Gasteiger charge is 2.37. The molecule has 1 aliphatic carbocycles. The fraction of sp³-hybridized carbons (Fsp3) is 1.00. The number of rotatable bonds is 4. The highest BCUT2D eigenvalue weighted by atomic mass is 16.5. The van der Waals surface area contributed by atoms with Gasteiger partial charge in [-0.05, 0) is 30.6 Å². The Labute approximate surface area is 112 Å². The Bertz CT molecular complexity index is 272. The Kier molecular flexibility index (Phi) is 4.35. The van der Waals surface area contributed by atoms with Gasteiger partial charge >= 0.3 is 0 Å². The quantitative estimate of drug-likeness (QED) is 0.837. The molecule has 18 heavy (non-hydrogen) atoms. The zero-order valence-corrected chi connectivity index (χ0v) is 12.4. The van der Waals surface area contributed by atoms with Gasteiger partial charge in [0, 0.05) is 32.7 Å². The van der Waals surface area contributed by atoms with Crippen molar-refractivity contribution in [3.05, 3.63) is 0 Å². The summed E-state index contributed by atoms with van der Waals surface area (Å²) in [5, 5.41) is 3.74. The molecule has 106 valence electrons. The Balaban J connectivity index is 1.85. The van der Waals surface area contributed by atoms with E-state index < -0.39 is 0 Å². The van der Waals surface area contributed by atoms with Crippen LogP contribution >= 0.6 is 0 Å². The lowest BCUT2D eigenvalue weighted by Gasteiger charge is -2.40. The van der Waals surface area contributed by atoms with Crippen molar-refractivity contribution in [3.8, 4) is 0 Å². The summed E-state index contributed by atoms with van der Waals surface area (Å²) in [5.74, 6) is 0.824. The molecule has 3 heteroatoms. The maximum atomic E-state index is 5.68. The first-order chi connectivity index (χ1) is 8.45. The molecule has 0 aromatic carbocycles. The first-order valence-corrected chi connectivity index (χ1v) is 7.31. The molecular formula is C15H29NO2. The van der Waals surface area contributed by atoms with Gasteiger partial charge < -0.3 is 14.8 Å². The third-order valence-corrected chi connectivity index (χ3v) is 4.60. The van der Waals surface area contributed by atoms with Crippen molar-refractivity contribution in [3.63, 3.8) is 0 Å². The zero-order valence-electron chi connectivity index (χ0n) is 12.4. The van der Waals surface area contributed by atoms with Crippen LogP contribution in [0.2, 0.25) is 0 Å². The van der Waals surface area contributed by atoms with Gasteiger partial charge in [-0.15, -0.1) is 0 Å². The summed E-state index contributed by atoms with van der Waals surface area (Å²) in [6.07, 6.45) is 4.94. The van der Waals surface area contributed by atoms with Crippen LogP contribution in [0.1, 0.15) is 46.5 Å². The monoisotopic (exact) mass is 255 g/mol. The first kappa shape index (κ1) is 14.3. The van der Waals surface area contributed by atoms with Crippen LogP contribution in [0.5, 0.6) is 0 Å². The third kappa shape index (κ3) is 3.46. The highest BCUT2D eigenvalue weighted by molar-refractivity contribution is 4.91. The van der Waals surface area contributed by atoms with E-state index in [1.165, 1.54) is 19.3 Å². The predicted molar refractivity (Wildman–Crippen MR) is 73.8 cm³/mol. The summed E-state index contributed by atoms with van der Waals surface area (Å²) in [4.78, 5) is 0. The number of hydrogen-bond donors (Lipinski definition) is 1. The largest absolute Gasteiger partial charge is 0.378 e. The van der Waals surface area contributed by atoms with Crippen molar-refractivity contribution in [2.75, 3.05) is 26.9 Å². The van der Waals surface area contributed by atoms with Gasteiger partial charge in [0.2, 0.25) is 0 Å². The molecule has 0 amide bonds. The molecule has 1 saturated heterocycles. The second kappa shape index (κ2) is 5.48. The van der Waals surface area contributed by atoms with E-state index in [1.807, 2.05) is 7.11 Å². The lowest BCUT2D eigenvalue weighted by Crippen LogP contribution is -2.49. The van der Waals surface area contributed by atoms with Gasteiger partial charge in [-0.3, -0.25) is 0 Å². The fourth-order valence-corrected chi connectivity index (χ4v) is 3.79. The Hall–Kier alpha value is -0.120. The van der Waals surface area contributed by atoms with E-state index in [-0.39, 0.29) is 5.60 Å². The summed E-state index contributed by atoms with van der Waals surface area (Å²) in [6, 6.07) is 0.636. The van der Waals surface area contributed by atoms with Crippen molar-refractivity contribution in [1.82, 2.24) is 5.32 Å². The van der Waals surface area contributed by atoms with Crippen LogP contribution in [-0.4, -0.2) is 38.5 Å². The van der Waals surface area contributed by atoms with Gasteiger partial charge in [-0.2, -0.15) is 0 Å². The van der Waals surface area contributed by atoms with E-state index in [1.54, 1.807) is 0 Å². The van der Waals surface area contributed by atoms with Crippen LogP contribution in [-0.2, 0) is 9.47 Å². The van der Waals surface area contributed by atoms with E-state index >= 15 is 0 Å². The number of methoxy groups -OCH3 is 1. The molecule has 1 aliphatic heterocycles. The summed E-state index contributed by atoms with van der Waals surface area (Å²) in [5.41, 5.74) is 0.395. The van der Waals surface area contributed by atoms with Crippen molar-refractivity contribution >= 4 is 0 Å². The minimum Gasteiger partial charge on any atom is -0.378 e. The summed E-state index contributed by atoms with van der Waals surface area (Å²) in [7, 11) is 1.81. The molecule has 0 spiro atoms. The molecule has 3 atom stereocenters. The minimum atomic E-state index is -0.0785. The molecule has 1 N–H and O–H groups in total. The summed E-state index contributed by atoms with van der Waals surface area (Å²) in [6.45, 7) is 9.66. The SMILES string of the molecule is COC1(CNC2CC(C)CC(C)(C)C2)CCOC1. The van der Waals surface area contributed by atoms with Crippen LogP contribution in [0.3, 0.4) is 0 Å². The standard InChI is InChI=1S/C15H29NO2/c1-12-7-13(9-14(2,3)8-12)16-10-15(17-4)5-6-18-11-15/h12-13,16H,5-11H2,1-4H3. The van der Waals surface area contributed by atoms with Crippen LogP contribution < -0.4 is 5.32 Å². The van der Waals surface area contributed by atoms with Gasteiger partial charge in [0.1, 0.15) is 5.60 Å². The molecule has 0 aromatic heterocycles. The molecule has 0 aromatic rings. The van der Waals surface area contributed by atoms with Gasteiger partial charge in [-0.1, -0.05) is 20.8 Å². The second-order valence-corrected chi connectivity index (χ2v) is 7.18. The number of hydrogen-bond acceptors (Lipinski definition) is 3. The molecular weight excluding hydrogens is 226 g/mol. The molecule has 3 nitrogen and oxygen atoms in total. The van der Waals surface area contributed by atoms with Crippen LogP contribution in [0, 0.1) is 11.3 Å². The maximum Gasteiger partial charge on any atom is 0.106 e. The lowest BCUT2D eigenvalue weighted by molar-refractivity contribution is -0.0202. The number of ether oxygens (including phenoxy) is 2. The average Bonchev–Trinajstić information content (AvgIpc) is 2.73. The molecule has 2 fully saturated rings. The minimum absolute atomic E-state index is 0.0785. The molecule has 0 radical (unpaired) electrons. The van der Waals surface area contributed by atoms with E-state index in [4.69, 9.17) is 9.47 Å². The second-order valence-electron chi connectivity index (χ2n) is 7.18. The highest BCUT2D eigenvalue weighted by Crippen LogP contribution is 2.38. The van der Waals surface area contributed by atoms with E-state index in [0.29, 0.717) is 11.5 Å². The Morgan fingerprint density at radius 2 is 2.11 bits per heavy atom. The third-order valence-electron chi connectivity index (χ3n) is 4.60. The topological polar surface area (TPSA) is 30.5 Å². The molecule has 2 rings (SSSR count). The Morgan fingerprint density at radius 1 is 1.33 bits per heavy atom. The normalized spacial score (nSPS) is 40.0. The maximum absolute atomic E-state index is 5.68. The Morgan fingerprint density at radius 3 is 2.67 bits per heavy atom. The predicted octanol–water partition coefficient (Wildman–Crippen LogP) is 2.60. The summed E-state index contributed by atoms with van der Waals surface area (Å²) >= 11 is 0. The smallest absolute Gasteiger partial charge is 0.106 e. The van der Waals surface area contributed by atoms with E-state index in [2.05, 4.69) is 26.1 Å². The van der Waals surface area contributed by atoms with Crippen molar-refractivity contribution in [1.29, 1.82) is 0 Å². The van der Waals surface area contributed by atoms with Crippen molar-refractivity contribution in [2.24, 2.45) is 11.3 Å². The van der Waals surface area contributed by atoms with Crippen molar-refractivity contribution in [2.45, 2.75) is 58.1 Å². The van der Waals surface area contributed by atoms with Crippen LogP contribution in [0.25, 0.3) is 0 Å².